The number of fused-ring (bicyclic) bond motifs is 1. The van der Waals surface area contributed by atoms with E-state index in [2.05, 4.69) is 5.32 Å². The predicted octanol–water partition coefficient (Wildman–Crippen LogP) is 3.69. The number of hydrogen-bond acceptors (Lipinski definition) is 3. The van der Waals surface area contributed by atoms with Crippen LogP contribution in [0, 0.1) is 13.8 Å². The Morgan fingerprint density at radius 2 is 1.96 bits per heavy atom. The standard InChI is InChI=1S/C18H19N3O2S/c1-4-21-14-8-6-5-7-12(14)11(3)15(21)17(23)20-18-13(16(19)22)9-10(2)24-18/h5-9H,4H2,1-3H3,(H2,19,22)(H,20,23). The van der Waals surface area contributed by atoms with E-state index in [-0.39, 0.29) is 5.91 Å². The monoisotopic (exact) mass is 341 g/mol. The van der Waals surface area contributed by atoms with Crippen LogP contribution in [0.3, 0.4) is 0 Å². The molecule has 0 aliphatic carbocycles. The summed E-state index contributed by atoms with van der Waals surface area (Å²) in [6.45, 7) is 6.51. The molecule has 0 radical (unpaired) electrons. The Morgan fingerprint density at radius 3 is 2.62 bits per heavy atom. The van der Waals surface area contributed by atoms with E-state index in [1.165, 1.54) is 11.3 Å². The number of benzene rings is 1. The number of anilines is 1. The largest absolute Gasteiger partial charge is 0.366 e. The molecule has 0 saturated carbocycles. The number of nitrogens with one attached hydrogen (secondary N) is 1. The summed E-state index contributed by atoms with van der Waals surface area (Å²) in [5.74, 6) is -0.766. The number of carbonyl (C=O) groups is 2. The van der Waals surface area contributed by atoms with Crippen molar-refractivity contribution < 1.29 is 9.59 Å². The SMILES string of the molecule is CCn1c(C(=O)Nc2sc(C)cc2C(N)=O)c(C)c2ccccc21. The molecule has 5 nitrogen and oxygen atoms in total. The van der Waals surface area contributed by atoms with Crippen molar-refractivity contribution in [1.29, 1.82) is 0 Å². The van der Waals surface area contributed by atoms with E-state index < -0.39 is 5.91 Å². The first-order chi connectivity index (χ1) is 11.4. The Kier molecular flexibility index (Phi) is 4.15. The van der Waals surface area contributed by atoms with Crippen LogP contribution in [-0.4, -0.2) is 16.4 Å². The zero-order chi connectivity index (χ0) is 17.4. The molecule has 0 unspecified atom stereocenters. The molecule has 0 aliphatic heterocycles. The minimum Gasteiger partial charge on any atom is -0.366 e. The van der Waals surface area contributed by atoms with Crippen molar-refractivity contribution in [3.63, 3.8) is 0 Å². The van der Waals surface area contributed by atoms with Crippen LogP contribution in [0.2, 0.25) is 0 Å². The Labute approximate surface area is 144 Å². The number of primary amides is 1. The Bertz CT molecular complexity index is 953. The minimum atomic E-state index is -0.539. The van der Waals surface area contributed by atoms with Crippen LogP contribution in [0.25, 0.3) is 10.9 Å². The molecule has 3 rings (SSSR count). The lowest BCUT2D eigenvalue weighted by molar-refractivity contribution is 0.100. The van der Waals surface area contributed by atoms with Crippen molar-refractivity contribution in [3.8, 4) is 0 Å². The lowest BCUT2D eigenvalue weighted by Gasteiger charge is -2.09. The van der Waals surface area contributed by atoms with E-state index in [1.807, 2.05) is 49.6 Å². The van der Waals surface area contributed by atoms with Gasteiger partial charge in [0.05, 0.1) is 5.56 Å². The van der Waals surface area contributed by atoms with Gasteiger partial charge in [0.2, 0.25) is 0 Å². The fraction of sp³-hybridized carbons (Fsp3) is 0.222. The quantitative estimate of drug-likeness (QED) is 0.759. The molecule has 2 aromatic heterocycles. The van der Waals surface area contributed by atoms with E-state index in [0.717, 1.165) is 21.3 Å². The second-order valence-electron chi connectivity index (χ2n) is 5.65. The van der Waals surface area contributed by atoms with Gasteiger partial charge in [0.25, 0.3) is 11.8 Å². The van der Waals surface area contributed by atoms with Crippen LogP contribution < -0.4 is 11.1 Å². The predicted molar refractivity (Wildman–Crippen MR) is 97.9 cm³/mol. The smallest absolute Gasteiger partial charge is 0.273 e. The summed E-state index contributed by atoms with van der Waals surface area (Å²) in [6, 6.07) is 9.64. The summed E-state index contributed by atoms with van der Waals surface area (Å²) < 4.78 is 1.99. The molecule has 0 saturated heterocycles. The number of aromatic nitrogens is 1. The summed E-state index contributed by atoms with van der Waals surface area (Å²) in [6.07, 6.45) is 0. The van der Waals surface area contributed by atoms with Crippen LogP contribution in [0.4, 0.5) is 5.00 Å². The first-order valence-electron chi connectivity index (χ1n) is 7.73. The fourth-order valence-electron chi connectivity index (χ4n) is 3.05. The van der Waals surface area contributed by atoms with Gasteiger partial charge in [0, 0.05) is 22.3 Å². The molecule has 0 atom stereocenters. The molecule has 0 fully saturated rings. The minimum absolute atomic E-state index is 0.227. The van der Waals surface area contributed by atoms with Crippen LogP contribution in [0.15, 0.2) is 30.3 Å². The summed E-state index contributed by atoms with van der Waals surface area (Å²) in [4.78, 5) is 25.4. The van der Waals surface area contributed by atoms with Gasteiger partial charge in [-0.25, -0.2) is 0 Å². The van der Waals surface area contributed by atoms with Gasteiger partial charge in [-0.3, -0.25) is 9.59 Å². The molecular formula is C18H19N3O2S. The molecule has 0 bridgehead atoms. The van der Waals surface area contributed by atoms with Crippen molar-refractivity contribution in [2.45, 2.75) is 27.3 Å². The number of amides is 2. The first kappa shape index (κ1) is 16.3. The number of rotatable bonds is 4. The highest BCUT2D eigenvalue weighted by atomic mass is 32.1. The maximum atomic E-state index is 12.9. The third kappa shape index (κ3) is 2.59. The van der Waals surface area contributed by atoms with Gasteiger partial charge in [-0.15, -0.1) is 11.3 Å². The molecule has 2 heterocycles. The highest BCUT2D eigenvalue weighted by molar-refractivity contribution is 7.16. The van der Waals surface area contributed by atoms with Crippen molar-refractivity contribution in [2.75, 3.05) is 5.32 Å². The molecule has 124 valence electrons. The highest BCUT2D eigenvalue weighted by Crippen LogP contribution is 2.30. The Balaban J connectivity index is 2.07. The normalized spacial score (nSPS) is 11.0. The third-order valence-electron chi connectivity index (χ3n) is 4.10. The van der Waals surface area contributed by atoms with Gasteiger partial charge >= 0.3 is 0 Å². The van der Waals surface area contributed by atoms with Crippen LogP contribution in [0.5, 0.6) is 0 Å². The molecule has 2 amide bonds. The number of thiophene rings is 1. The number of nitrogens with two attached hydrogens (primary N) is 1. The Morgan fingerprint density at radius 1 is 1.25 bits per heavy atom. The van der Waals surface area contributed by atoms with Gasteiger partial charge < -0.3 is 15.6 Å². The van der Waals surface area contributed by atoms with E-state index in [0.29, 0.717) is 22.8 Å². The van der Waals surface area contributed by atoms with Crippen molar-refractivity contribution in [2.24, 2.45) is 5.73 Å². The molecule has 3 N–H and O–H groups in total. The molecule has 0 spiro atoms. The van der Waals surface area contributed by atoms with E-state index in [9.17, 15) is 9.59 Å². The average molecular weight is 341 g/mol. The van der Waals surface area contributed by atoms with Gasteiger partial charge in [-0.05, 0) is 38.5 Å². The summed E-state index contributed by atoms with van der Waals surface area (Å²) in [5.41, 5.74) is 8.32. The summed E-state index contributed by atoms with van der Waals surface area (Å²) in [5, 5.41) is 4.42. The van der Waals surface area contributed by atoms with Crippen molar-refractivity contribution >= 4 is 39.1 Å². The van der Waals surface area contributed by atoms with Gasteiger partial charge in [0.15, 0.2) is 0 Å². The fourth-order valence-corrected chi connectivity index (χ4v) is 3.96. The number of carbonyl (C=O) groups excluding carboxylic acids is 2. The van der Waals surface area contributed by atoms with Gasteiger partial charge in [-0.1, -0.05) is 18.2 Å². The number of hydrogen-bond donors (Lipinski definition) is 2. The van der Waals surface area contributed by atoms with E-state index in [4.69, 9.17) is 5.73 Å². The van der Waals surface area contributed by atoms with Crippen molar-refractivity contribution in [1.82, 2.24) is 4.57 Å². The lowest BCUT2D eigenvalue weighted by Crippen LogP contribution is -2.20. The zero-order valence-electron chi connectivity index (χ0n) is 13.8. The van der Waals surface area contributed by atoms with Crippen LogP contribution >= 0.6 is 11.3 Å². The average Bonchev–Trinajstić information content (AvgIpc) is 3.05. The first-order valence-corrected chi connectivity index (χ1v) is 8.55. The maximum Gasteiger partial charge on any atom is 0.273 e. The number of para-hydroxylation sites is 1. The highest BCUT2D eigenvalue weighted by Gasteiger charge is 2.22. The molecular weight excluding hydrogens is 322 g/mol. The third-order valence-corrected chi connectivity index (χ3v) is 5.07. The summed E-state index contributed by atoms with van der Waals surface area (Å²) >= 11 is 1.35. The Hall–Kier alpha value is -2.60. The zero-order valence-corrected chi connectivity index (χ0v) is 14.7. The van der Waals surface area contributed by atoms with Gasteiger partial charge in [-0.2, -0.15) is 0 Å². The van der Waals surface area contributed by atoms with Crippen molar-refractivity contribution in [3.05, 3.63) is 52.0 Å². The molecule has 24 heavy (non-hydrogen) atoms. The second kappa shape index (κ2) is 6.13. The van der Waals surface area contributed by atoms with E-state index in [1.54, 1.807) is 6.07 Å². The number of nitrogens with zero attached hydrogens (tertiary/aromatic N) is 1. The summed E-state index contributed by atoms with van der Waals surface area (Å²) in [7, 11) is 0. The molecule has 0 aliphatic rings. The molecule has 6 heteroatoms. The maximum absolute atomic E-state index is 12.9. The second-order valence-corrected chi connectivity index (χ2v) is 6.91. The molecule has 1 aromatic carbocycles. The lowest BCUT2D eigenvalue weighted by atomic mass is 10.1. The topological polar surface area (TPSA) is 77.1 Å². The number of aryl methyl sites for hydroxylation is 3. The van der Waals surface area contributed by atoms with Crippen LogP contribution in [0.1, 0.15) is 38.2 Å². The van der Waals surface area contributed by atoms with Crippen LogP contribution in [-0.2, 0) is 6.54 Å². The molecule has 3 aromatic rings. The van der Waals surface area contributed by atoms with Gasteiger partial charge in [0.1, 0.15) is 10.7 Å². The van der Waals surface area contributed by atoms with E-state index >= 15 is 0 Å².